The molecule has 0 aliphatic carbocycles. The van der Waals surface area contributed by atoms with E-state index in [0.29, 0.717) is 17.9 Å². The monoisotopic (exact) mass is 418 g/mol. The number of aryl methyl sites for hydroxylation is 2. The number of anilines is 1. The predicted molar refractivity (Wildman–Crippen MR) is 117 cm³/mol. The van der Waals surface area contributed by atoms with Gasteiger partial charge in [0, 0.05) is 6.07 Å². The number of carbonyl (C=O) groups excluding carboxylic acids is 1. The Kier molecular flexibility index (Phi) is 7.30. The Morgan fingerprint density at radius 1 is 1.17 bits per heavy atom. The van der Waals surface area contributed by atoms with E-state index in [0.717, 1.165) is 27.3 Å². The summed E-state index contributed by atoms with van der Waals surface area (Å²) in [5.41, 5.74) is 3.67. The number of nitrogens with one attached hydrogen (secondary N) is 1. The molecule has 0 radical (unpaired) electrons. The Bertz CT molecular complexity index is 973. The van der Waals surface area contributed by atoms with Crippen molar-refractivity contribution in [2.75, 3.05) is 17.7 Å². The highest BCUT2D eigenvalue weighted by Gasteiger charge is 2.30. The molecule has 0 bridgehead atoms. The fourth-order valence-electron chi connectivity index (χ4n) is 3.47. The second-order valence-electron chi connectivity index (χ2n) is 7.27. The first-order valence-electron chi connectivity index (χ1n) is 9.59. The minimum absolute atomic E-state index is 0.197. The predicted octanol–water partition coefficient (Wildman–Crippen LogP) is 3.73. The van der Waals surface area contributed by atoms with E-state index in [1.165, 1.54) is 7.11 Å². The van der Waals surface area contributed by atoms with Crippen LogP contribution in [0, 0.1) is 13.8 Å². The van der Waals surface area contributed by atoms with Crippen LogP contribution in [0.1, 0.15) is 43.0 Å². The van der Waals surface area contributed by atoms with Crippen LogP contribution in [0.4, 0.5) is 5.69 Å². The van der Waals surface area contributed by atoms with Crippen LogP contribution in [0.25, 0.3) is 0 Å². The van der Waals surface area contributed by atoms with Gasteiger partial charge in [0.1, 0.15) is 11.8 Å². The van der Waals surface area contributed by atoms with E-state index in [-0.39, 0.29) is 11.9 Å². The zero-order valence-electron chi connectivity index (χ0n) is 17.9. The number of nitrogens with zero attached hydrogens (tertiary/aromatic N) is 1. The van der Waals surface area contributed by atoms with Gasteiger partial charge in [0.05, 0.1) is 25.1 Å². The first-order valence-corrected chi connectivity index (χ1v) is 11.4. The van der Waals surface area contributed by atoms with Crippen LogP contribution in [-0.2, 0) is 14.8 Å². The number of hydrogen-bond acceptors (Lipinski definition) is 4. The maximum absolute atomic E-state index is 13.0. The molecule has 1 amide bonds. The van der Waals surface area contributed by atoms with Crippen molar-refractivity contribution in [3.63, 3.8) is 0 Å². The van der Waals surface area contributed by atoms with Gasteiger partial charge in [-0.2, -0.15) is 0 Å². The molecule has 2 rings (SSSR count). The summed E-state index contributed by atoms with van der Waals surface area (Å²) in [4.78, 5) is 13.0. The Balaban J connectivity index is 2.32. The molecule has 2 aromatic rings. The van der Waals surface area contributed by atoms with Crippen molar-refractivity contribution in [3.8, 4) is 5.75 Å². The van der Waals surface area contributed by atoms with Gasteiger partial charge in [-0.1, -0.05) is 36.8 Å². The molecule has 0 saturated heterocycles. The van der Waals surface area contributed by atoms with Crippen molar-refractivity contribution in [1.29, 1.82) is 0 Å². The van der Waals surface area contributed by atoms with Gasteiger partial charge in [-0.05, 0) is 50.5 Å². The Morgan fingerprint density at radius 2 is 1.86 bits per heavy atom. The molecular formula is C22H30N2O4S. The van der Waals surface area contributed by atoms with Crippen molar-refractivity contribution < 1.29 is 17.9 Å². The molecule has 29 heavy (non-hydrogen) atoms. The van der Waals surface area contributed by atoms with Crippen molar-refractivity contribution in [1.82, 2.24) is 5.32 Å². The molecule has 0 unspecified atom stereocenters. The second kappa shape index (κ2) is 9.31. The van der Waals surface area contributed by atoms with E-state index >= 15 is 0 Å². The lowest BCUT2D eigenvalue weighted by Crippen LogP contribution is -2.48. The Morgan fingerprint density at radius 3 is 2.41 bits per heavy atom. The number of benzene rings is 2. The number of sulfonamides is 1. The van der Waals surface area contributed by atoms with Crippen molar-refractivity contribution in [2.45, 2.75) is 46.2 Å². The van der Waals surface area contributed by atoms with Gasteiger partial charge >= 0.3 is 0 Å². The van der Waals surface area contributed by atoms with Gasteiger partial charge in [0.15, 0.2) is 0 Å². The van der Waals surface area contributed by atoms with Crippen molar-refractivity contribution in [3.05, 3.63) is 59.2 Å². The summed E-state index contributed by atoms with van der Waals surface area (Å²) in [6.45, 7) is 7.62. The number of amides is 1. The summed E-state index contributed by atoms with van der Waals surface area (Å²) >= 11 is 0. The quantitative estimate of drug-likeness (QED) is 0.709. The maximum atomic E-state index is 13.0. The average molecular weight is 419 g/mol. The molecule has 7 heteroatoms. The van der Waals surface area contributed by atoms with Crippen LogP contribution in [0.2, 0.25) is 0 Å². The van der Waals surface area contributed by atoms with Crippen LogP contribution in [0.5, 0.6) is 5.75 Å². The minimum atomic E-state index is -3.69. The van der Waals surface area contributed by atoms with Crippen LogP contribution >= 0.6 is 0 Å². The third kappa shape index (κ3) is 5.50. The van der Waals surface area contributed by atoms with E-state index in [1.807, 2.05) is 32.9 Å². The zero-order chi connectivity index (χ0) is 21.8. The molecule has 158 valence electrons. The minimum Gasteiger partial charge on any atom is -0.497 e. The summed E-state index contributed by atoms with van der Waals surface area (Å²) < 4.78 is 31.3. The molecule has 0 saturated carbocycles. The summed E-state index contributed by atoms with van der Waals surface area (Å²) in [6, 6.07) is 11.7. The lowest BCUT2D eigenvalue weighted by atomic mass is 9.97. The fourth-order valence-corrected chi connectivity index (χ4v) is 4.63. The first-order chi connectivity index (χ1) is 13.6. The lowest BCUT2D eigenvalue weighted by Gasteiger charge is -2.30. The van der Waals surface area contributed by atoms with E-state index in [9.17, 15) is 13.2 Å². The molecule has 0 spiro atoms. The van der Waals surface area contributed by atoms with Crippen LogP contribution < -0.4 is 14.4 Å². The molecule has 0 fully saturated rings. The first kappa shape index (κ1) is 22.7. The van der Waals surface area contributed by atoms with E-state index in [2.05, 4.69) is 11.4 Å². The van der Waals surface area contributed by atoms with E-state index in [4.69, 9.17) is 4.74 Å². The number of ether oxygens (including phenoxy) is 1. The SMILES string of the molecule is CC[C@@H](NC(=O)[C@H](C)N(c1cccc(OC)c1)S(C)(=O)=O)c1ccc(C)cc1C. The second-order valence-corrected chi connectivity index (χ2v) is 9.13. The fraction of sp³-hybridized carbons (Fsp3) is 0.409. The highest BCUT2D eigenvalue weighted by Crippen LogP contribution is 2.26. The Labute approximate surface area is 173 Å². The smallest absolute Gasteiger partial charge is 0.244 e. The summed E-state index contributed by atoms with van der Waals surface area (Å²) in [5.74, 6) is 0.163. The molecular weight excluding hydrogens is 388 g/mol. The van der Waals surface area contributed by atoms with Crippen LogP contribution in [-0.4, -0.2) is 33.7 Å². The van der Waals surface area contributed by atoms with E-state index < -0.39 is 16.1 Å². The molecule has 1 N–H and O–H groups in total. The Hall–Kier alpha value is -2.54. The van der Waals surface area contributed by atoms with Crippen molar-refractivity contribution >= 4 is 21.6 Å². The average Bonchev–Trinajstić information content (AvgIpc) is 2.65. The van der Waals surface area contributed by atoms with Gasteiger partial charge in [-0.15, -0.1) is 0 Å². The normalized spacial score (nSPS) is 13.4. The number of rotatable bonds is 8. The standard InChI is InChI=1S/C22H30N2O4S/c1-7-21(20-12-11-15(2)13-16(20)3)23-22(25)17(4)24(29(6,26)27)18-9-8-10-19(14-18)28-5/h8-14,17,21H,7H2,1-6H3,(H,23,25)/t17-,21+/m0/s1. The number of hydrogen-bond donors (Lipinski definition) is 1. The highest BCUT2D eigenvalue weighted by molar-refractivity contribution is 7.92. The molecule has 2 atom stereocenters. The summed E-state index contributed by atoms with van der Waals surface area (Å²) in [7, 11) is -2.18. The van der Waals surface area contributed by atoms with Gasteiger partial charge in [0.2, 0.25) is 15.9 Å². The van der Waals surface area contributed by atoms with Gasteiger partial charge < -0.3 is 10.1 Å². The van der Waals surface area contributed by atoms with Gasteiger partial charge in [0.25, 0.3) is 0 Å². The van der Waals surface area contributed by atoms with Gasteiger partial charge in [-0.25, -0.2) is 8.42 Å². The third-order valence-electron chi connectivity index (χ3n) is 4.92. The molecule has 0 aliphatic heterocycles. The maximum Gasteiger partial charge on any atom is 0.244 e. The third-order valence-corrected chi connectivity index (χ3v) is 6.16. The summed E-state index contributed by atoms with van der Waals surface area (Å²) in [6.07, 6.45) is 1.79. The van der Waals surface area contributed by atoms with Crippen LogP contribution in [0.15, 0.2) is 42.5 Å². The van der Waals surface area contributed by atoms with Gasteiger partial charge in [-0.3, -0.25) is 9.10 Å². The number of methoxy groups -OCH3 is 1. The molecule has 2 aromatic carbocycles. The topological polar surface area (TPSA) is 75.7 Å². The van der Waals surface area contributed by atoms with E-state index in [1.54, 1.807) is 31.2 Å². The molecule has 0 aliphatic rings. The number of carbonyl (C=O) groups is 1. The zero-order valence-corrected chi connectivity index (χ0v) is 18.7. The van der Waals surface area contributed by atoms with Crippen molar-refractivity contribution in [2.24, 2.45) is 0 Å². The molecule has 0 aromatic heterocycles. The highest BCUT2D eigenvalue weighted by atomic mass is 32.2. The molecule has 0 heterocycles. The largest absolute Gasteiger partial charge is 0.497 e. The van der Waals surface area contributed by atoms with Crippen LogP contribution in [0.3, 0.4) is 0 Å². The molecule has 6 nitrogen and oxygen atoms in total. The lowest BCUT2D eigenvalue weighted by molar-refractivity contribution is -0.122. The summed E-state index contributed by atoms with van der Waals surface area (Å²) in [5, 5.41) is 3.02.